The van der Waals surface area contributed by atoms with Crippen LogP contribution in [0, 0.1) is 0 Å². The first-order valence-corrected chi connectivity index (χ1v) is 5.78. The van der Waals surface area contributed by atoms with Crippen LogP contribution in [-0.2, 0) is 13.0 Å². The van der Waals surface area contributed by atoms with E-state index in [-0.39, 0.29) is 0 Å². The summed E-state index contributed by atoms with van der Waals surface area (Å²) >= 11 is 0. The maximum atomic E-state index is 5.63. The molecule has 4 heteroatoms. The van der Waals surface area contributed by atoms with Crippen LogP contribution in [0.3, 0.4) is 0 Å². The summed E-state index contributed by atoms with van der Waals surface area (Å²) in [6.07, 6.45) is 4.56. The van der Waals surface area contributed by atoms with E-state index in [0.29, 0.717) is 13.2 Å². The Balaban J connectivity index is 1.84. The van der Waals surface area contributed by atoms with Crippen LogP contribution in [0.5, 0.6) is 5.75 Å². The lowest BCUT2D eigenvalue weighted by Crippen LogP contribution is -2.13. The summed E-state index contributed by atoms with van der Waals surface area (Å²) in [5, 5.41) is 0. The summed E-state index contributed by atoms with van der Waals surface area (Å²) in [7, 11) is 0. The molecule has 1 aromatic carbocycles. The molecule has 0 saturated heterocycles. The fourth-order valence-electron chi connectivity index (χ4n) is 1.68. The van der Waals surface area contributed by atoms with Crippen LogP contribution in [-0.4, -0.2) is 22.7 Å². The van der Waals surface area contributed by atoms with E-state index in [0.717, 1.165) is 24.5 Å². The van der Waals surface area contributed by atoms with Crippen molar-refractivity contribution in [3.63, 3.8) is 0 Å². The molecule has 0 radical (unpaired) electrons. The van der Waals surface area contributed by atoms with Gasteiger partial charge in [-0.2, -0.15) is 0 Å². The first-order chi connectivity index (χ1) is 8.40. The molecule has 0 atom stereocenters. The third kappa shape index (κ3) is 3.32. The Labute approximate surface area is 101 Å². The highest BCUT2D eigenvalue weighted by atomic mass is 16.5. The highest BCUT2D eigenvalue weighted by Crippen LogP contribution is 2.08. The number of ether oxygens (including phenoxy) is 1. The number of nitrogens with two attached hydrogens (primary N) is 1. The van der Waals surface area contributed by atoms with Crippen LogP contribution < -0.4 is 10.5 Å². The standard InChI is InChI=1S/C13H17N3O/c14-7-6-13-15-8-9-16(13)10-11-17-12-4-2-1-3-5-12/h1-5,8-9H,6-7,10-11,14H2. The van der Waals surface area contributed by atoms with Crippen molar-refractivity contribution in [2.24, 2.45) is 5.73 Å². The van der Waals surface area contributed by atoms with Gasteiger partial charge >= 0.3 is 0 Å². The minimum atomic E-state index is 0.622. The summed E-state index contributed by atoms with van der Waals surface area (Å²) in [4.78, 5) is 4.26. The van der Waals surface area contributed by atoms with Gasteiger partial charge < -0.3 is 15.0 Å². The van der Waals surface area contributed by atoms with E-state index in [1.807, 2.05) is 36.5 Å². The minimum Gasteiger partial charge on any atom is -0.492 e. The molecule has 1 heterocycles. The lowest BCUT2D eigenvalue weighted by Gasteiger charge is -2.09. The van der Waals surface area contributed by atoms with Crippen LogP contribution in [0.15, 0.2) is 42.7 Å². The number of nitrogens with zero attached hydrogens (tertiary/aromatic N) is 2. The Kier molecular flexibility index (Phi) is 4.16. The van der Waals surface area contributed by atoms with Crippen LogP contribution in [0.1, 0.15) is 5.82 Å². The zero-order valence-corrected chi connectivity index (χ0v) is 9.75. The predicted octanol–water partition coefficient (Wildman–Crippen LogP) is 1.46. The Morgan fingerprint density at radius 3 is 2.82 bits per heavy atom. The van der Waals surface area contributed by atoms with Gasteiger partial charge in [0.15, 0.2) is 0 Å². The number of para-hydroxylation sites is 1. The SMILES string of the molecule is NCCc1nccn1CCOc1ccccc1. The van der Waals surface area contributed by atoms with Crippen LogP contribution in [0.2, 0.25) is 0 Å². The average Bonchev–Trinajstić information content (AvgIpc) is 2.79. The molecule has 0 fully saturated rings. The van der Waals surface area contributed by atoms with Crippen LogP contribution in [0.25, 0.3) is 0 Å². The number of rotatable bonds is 6. The van der Waals surface area contributed by atoms with E-state index in [1.54, 1.807) is 6.20 Å². The topological polar surface area (TPSA) is 53.1 Å². The van der Waals surface area contributed by atoms with Gasteiger partial charge in [-0.25, -0.2) is 4.98 Å². The summed E-state index contributed by atoms with van der Waals surface area (Å²) < 4.78 is 7.71. The molecule has 0 aliphatic carbocycles. The zero-order valence-electron chi connectivity index (χ0n) is 9.75. The number of benzene rings is 1. The summed E-state index contributed by atoms with van der Waals surface area (Å²) in [5.74, 6) is 1.91. The molecule has 0 aliphatic rings. The smallest absolute Gasteiger partial charge is 0.119 e. The van der Waals surface area contributed by atoms with Crippen molar-refractivity contribution >= 4 is 0 Å². The quantitative estimate of drug-likeness (QED) is 0.819. The van der Waals surface area contributed by atoms with Gasteiger partial charge in [-0.1, -0.05) is 18.2 Å². The van der Waals surface area contributed by atoms with Crippen LogP contribution >= 0.6 is 0 Å². The summed E-state index contributed by atoms with van der Waals surface area (Å²) in [6, 6.07) is 9.81. The number of hydrogen-bond donors (Lipinski definition) is 1. The second kappa shape index (κ2) is 6.06. The molecule has 1 aromatic heterocycles. The summed E-state index contributed by atoms with van der Waals surface area (Å²) in [6.45, 7) is 2.05. The van der Waals surface area contributed by atoms with Gasteiger partial charge in [0, 0.05) is 18.8 Å². The van der Waals surface area contributed by atoms with Crippen molar-refractivity contribution < 1.29 is 4.74 Å². The Morgan fingerprint density at radius 1 is 1.24 bits per heavy atom. The molecule has 90 valence electrons. The largest absolute Gasteiger partial charge is 0.492 e. The van der Waals surface area contributed by atoms with Gasteiger partial charge in [0.1, 0.15) is 18.2 Å². The average molecular weight is 231 g/mol. The van der Waals surface area contributed by atoms with Gasteiger partial charge in [0.05, 0.1) is 6.54 Å². The van der Waals surface area contributed by atoms with E-state index in [1.165, 1.54) is 0 Å². The lowest BCUT2D eigenvalue weighted by atomic mass is 10.3. The third-order valence-electron chi connectivity index (χ3n) is 2.51. The Morgan fingerprint density at radius 2 is 2.06 bits per heavy atom. The molecular formula is C13H17N3O. The Bertz CT molecular complexity index is 439. The van der Waals surface area contributed by atoms with Gasteiger partial charge in [0.2, 0.25) is 0 Å². The molecule has 17 heavy (non-hydrogen) atoms. The molecule has 4 nitrogen and oxygen atoms in total. The Hall–Kier alpha value is -1.81. The molecule has 0 bridgehead atoms. The van der Waals surface area contributed by atoms with E-state index >= 15 is 0 Å². The molecule has 0 unspecified atom stereocenters. The molecule has 2 aromatic rings. The fraction of sp³-hybridized carbons (Fsp3) is 0.308. The molecule has 2 N–H and O–H groups in total. The summed E-state index contributed by atoms with van der Waals surface area (Å²) in [5.41, 5.74) is 5.52. The highest BCUT2D eigenvalue weighted by molar-refractivity contribution is 5.20. The minimum absolute atomic E-state index is 0.622. The second-order valence-corrected chi connectivity index (χ2v) is 3.74. The van der Waals surface area contributed by atoms with Crippen molar-refractivity contribution in [1.82, 2.24) is 9.55 Å². The molecule has 0 amide bonds. The van der Waals surface area contributed by atoms with Gasteiger partial charge in [-0.3, -0.25) is 0 Å². The lowest BCUT2D eigenvalue weighted by molar-refractivity contribution is 0.296. The molecule has 0 spiro atoms. The maximum absolute atomic E-state index is 5.63. The fourth-order valence-corrected chi connectivity index (χ4v) is 1.68. The van der Waals surface area contributed by atoms with Crippen molar-refractivity contribution in [3.8, 4) is 5.75 Å². The van der Waals surface area contributed by atoms with Crippen molar-refractivity contribution in [2.75, 3.05) is 13.2 Å². The zero-order chi connectivity index (χ0) is 11.9. The molecule has 2 rings (SSSR count). The number of hydrogen-bond acceptors (Lipinski definition) is 3. The van der Waals surface area contributed by atoms with Crippen molar-refractivity contribution in [1.29, 1.82) is 0 Å². The first kappa shape index (κ1) is 11.7. The normalized spacial score (nSPS) is 10.4. The number of aromatic nitrogens is 2. The van der Waals surface area contributed by atoms with Gasteiger partial charge in [0.25, 0.3) is 0 Å². The molecule has 0 aliphatic heterocycles. The van der Waals surface area contributed by atoms with Gasteiger partial charge in [-0.05, 0) is 18.7 Å². The predicted molar refractivity (Wildman–Crippen MR) is 66.9 cm³/mol. The van der Waals surface area contributed by atoms with Gasteiger partial charge in [-0.15, -0.1) is 0 Å². The van der Waals surface area contributed by atoms with E-state index < -0.39 is 0 Å². The monoisotopic (exact) mass is 231 g/mol. The molecular weight excluding hydrogens is 214 g/mol. The van der Waals surface area contributed by atoms with E-state index in [9.17, 15) is 0 Å². The maximum Gasteiger partial charge on any atom is 0.119 e. The number of imidazole rings is 1. The third-order valence-corrected chi connectivity index (χ3v) is 2.51. The van der Waals surface area contributed by atoms with E-state index in [2.05, 4.69) is 9.55 Å². The second-order valence-electron chi connectivity index (χ2n) is 3.74. The highest BCUT2D eigenvalue weighted by Gasteiger charge is 2.01. The van der Waals surface area contributed by atoms with Crippen LogP contribution in [0.4, 0.5) is 0 Å². The van der Waals surface area contributed by atoms with Crippen molar-refractivity contribution in [2.45, 2.75) is 13.0 Å². The first-order valence-electron chi connectivity index (χ1n) is 5.78. The molecule has 0 saturated carbocycles. The van der Waals surface area contributed by atoms with E-state index in [4.69, 9.17) is 10.5 Å². The van der Waals surface area contributed by atoms with Crippen molar-refractivity contribution in [3.05, 3.63) is 48.5 Å².